The van der Waals surface area contributed by atoms with E-state index in [9.17, 15) is 10.1 Å². The number of anilines is 1. The van der Waals surface area contributed by atoms with Crippen molar-refractivity contribution < 1.29 is 14.3 Å². The number of halogens is 2. The maximum absolute atomic E-state index is 12.6. The summed E-state index contributed by atoms with van der Waals surface area (Å²) in [4.78, 5) is 12.6. The molecule has 5 nitrogen and oxygen atoms in total. The van der Waals surface area contributed by atoms with Crippen LogP contribution < -0.4 is 14.8 Å². The maximum atomic E-state index is 12.6. The smallest absolute Gasteiger partial charge is 0.266 e. The van der Waals surface area contributed by atoms with Gasteiger partial charge in [-0.05, 0) is 88.7 Å². The normalized spacial score (nSPS) is 10.9. The molecule has 0 radical (unpaired) electrons. The predicted molar refractivity (Wildman–Crippen MR) is 135 cm³/mol. The van der Waals surface area contributed by atoms with Gasteiger partial charge >= 0.3 is 0 Å². The Labute approximate surface area is 205 Å². The molecule has 0 aromatic heterocycles. The van der Waals surface area contributed by atoms with Crippen LogP contribution in [0.4, 0.5) is 5.69 Å². The zero-order chi connectivity index (χ0) is 23.1. The van der Waals surface area contributed by atoms with Crippen molar-refractivity contribution in [2.75, 3.05) is 12.4 Å². The van der Waals surface area contributed by atoms with Crippen LogP contribution in [-0.2, 0) is 11.4 Å². The van der Waals surface area contributed by atoms with Crippen molar-refractivity contribution in [3.05, 3.63) is 91.5 Å². The lowest BCUT2D eigenvalue weighted by atomic mass is 10.1. The van der Waals surface area contributed by atoms with Gasteiger partial charge < -0.3 is 14.8 Å². The molecule has 1 amide bonds. The van der Waals surface area contributed by atoms with E-state index in [1.165, 1.54) is 13.2 Å². The number of methoxy groups -OCH3 is 1. The number of nitrogens with zero attached hydrogens (tertiary/aromatic N) is 1. The van der Waals surface area contributed by atoms with Crippen LogP contribution in [0.2, 0.25) is 5.02 Å². The van der Waals surface area contributed by atoms with Crippen molar-refractivity contribution in [3.63, 3.8) is 0 Å². The van der Waals surface area contributed by atoms with Crippen molar-refractivity contribution in [1.29, 1.82) is 5.26 Å². The lowest BCUT2D eigenvalue weighted by Crippen LogP contribution is -2.13. The van der Waals surface area contributed by atoms with Crippen LogP contribution in [-0.4, -0.2) is 13.0 Å². The Kier molecular flexibility index (Phi) is 8.14. The minimum atomic E-state index is -0.507. The van der Waals surface area contributed by atoms with Gasteiger partial charge in [-0.2, -0.15) is 5.26 Å². The minimum absolute atomic E-state index is 0.0582. The molecule has 0 saturated carbocycles. The summed E-state index contributed by atoms with van der Waals surface area (Å²) >= 11 is 8.68. The Morgan fingerprint density at radius 3 is 2.59 bits per heavy atom. The first-order valence-electron chi connectivity index (χ1n) is 9.64. The fourth-order valence-corrected chi connectivity index (χ4v) is 3.57. The molecule has 32 heavy (non-hydrogen) atoms. The molecule has 7 heteroatoms. The van der Waals surface area contributed by atoms with E-state index in [2.05, 4.69) is 27.9 Å². The highest BCUT2D eigenvalue weighted by atomic mass is 127. The van der Waals surface area contributed by atoms with Crippen LogP contribution in [0.25, 0.3) is 6.08 Å². The third-order valence-corrected chi connectivity index (χ3v) is 5.50. The molecule has 0 aliphatic carbocycles. The van der Waals surface area contributed by atoms with E-state index in [0.717, 1.165) is 14.7 Å². The molecule has 3 rings (SSSR count). The first-order chi connectivity index (χ1) is 15.4. The molecule has 0 aliphatic heterocycles. The number of ether oxygens (including phenoxy) is 2. The van der Waals surface area contributed by atoms with E-state index in [-0.39, 0.29) is 5.57 Å². The molecule has 0 atom stereocenters. The van der Waals surface area contributed by atoms with Crippen LogP contribution in [0.1, 0.15) is 16.7 Å². The van der Waals surface area contributed by atoms with Gasteiger partial charge in [0, 0.05) is 9.26 Å². The van der Waals surface area contributed by atoms with Gasteiger partial charge in [-0.15, -0.1) is 0 Å². The number of rotatable bonds is 7. The Hall–Kier alpha value is -3.02. The van der Waals surface area contributed by atoms with Crippen molar-refractivity contribution in [2.45, 2.75) is 13.5 Å². The predicted octanol–water partition coefficient (Wildman–Crippen LogP) is 6.39. The first-order valence-corrected chi connectivity index (χ1v) is 11.1. The maximum Gasteiger partial charge on any atom is 0.266 e. The summed E-state index contributed by atoms with van der Waals surface area (Å²) in [5.74, 6) is 0.297. The van der Waals surface area contributed by atoms with Crippen LogP contribution in [0.3, 0.4) is 0 Å². The van der Waals surface area contributed by atoms with Gasteiger partial charge in [-0.1, -0.05) is 35.9 Å². The van der Waals surface area contributed by atoms with Gasteiger partial charge in [0.25, 0.3) is 5.91 Å². The van der Waals surface area contributed by atoms with Gasteiger partial charge in [0.15, 0.2) is 11.5 Å². The average molecular weight is 559 g/mol. The molecule has 0 heterocycles. The van der Waals surface area contributed by atoms with Gasteiger partial charge in [-0.25, -0.2) is 0 Å². The van der Waals surface area contributed by atoms with Crippen molar-refractivity contribution in [2.24, 2.45) is 0 Å². The van der Waals surface area contributed by atoms with Gasteiger partial charge in [0.1, 0.15) is 18.2 Å². The molecule has 3 aromatic carbocycles. The molecule has 0 bridgehead atoms. The number of nitrogens with one attached hydrogen (secondary N) is 1. The molecule has 1 N–H and O–H groups in total. The number of carbonyl (C=O) groups excluding carboxylic acids is 1. The monoisotopic (exact) mass is 558 g/mol. The van der Waals surface area contributed by atoms with Crippen LogP contribution in [0, 0.1) is 21.8 Å². The summed E-state index contributed by atoms with van der Waals surface area (Å²) in [7, 11) is 1.51. The molecule has 162 valence electrons. The first kappa shape index (κ1) is 23.6. The second-order valence-corrected chi connectivity index (χ2v) is 8.60. The van der Waals surface area contributed by atoms with E-state index in [0.29, 0.717) is 34.4 Å². The Bertz CT molecular complexity index is 1200. The molecular formula is C25H20ClIN2O3. The lowest BCUT2D eigenvalue weighted by Gasteiger charge is -2.14. The molecule has 3 aromatic rings. The molecular weight excluding hydrogens is 539 g/mol. The van der Waals surface area contributed by atoms with E-state index in [1.807, 2.05) is 55.5 Å². The fraction of sp³-hybridized carbons (Fsp3) is 0.120. The highest BCUT2D eigenvalue weighted by Crippen LogP contribution is 2.37. The van der Waals surface area contributed by atoms with Crippen molar-refractivity contribution in [1.82, 2.24) is 0 Å². The zero-order valence-corrected chi connectivity index (χ0v) is 20.4. The topological polar surface area (TPSA) is 71.3 Å². The minimum Gasteiger partial charge on any atom is -0.493 e. The highest BCUT2D eigenvalue weighted by molar-refractivity contribution is 14.1. The van der Waals surface area contributed by atoms with Gasteiger partial charge in [0.2, 0.25) is 0 Å². The lowest BCUT2D eigenvalue weighted by molar-refractivity contribution is -0.112. The quantitative estimate of drug-likeness (QED) is 0.207. The van der Waals surface area contributed by atoms with Crippen LogP contribution >= 0.6 is 34.2 Å². The second kappa shape index (κ2) is 11.0. The summed E-state index contributed by atoms with van der Waals surface area (Å²) in [6, 6.07) is 20.5. The van der Waals surface area contributed by atoms with Crippen molar-refractivity contribution in [3.8, 4) is 17.6 Å². The number of hydrogen-bond donors (Lipinski definition) is 1. The summed E-state index contributed by atoms with van der Waals surface area (Å²) in [5.41, 5.74) is 3.10. The Balaban J connectivity index is 1.81. The largest absolute Gasteiger partial charge is 0.493 e. The number of nitriles is 1. The summed E-state index contributed by atoms with van der Waals surface area (Å²) in [6.07, 6.45) is 1.46. The third-order valence-electron chi connectivity index (χ3n) is 4.50. The molecule has 0 saturated heterocycles. The van der Waals surface area contributed by atoms with E-state index >= 15 is 0 Å². The SMILES string of the molecule is COc1cc(/C=C(/C#N)C(=O)Nc2cccc(C)c2)cc(Cl)c1OCc1ccc(I)cc1. The van der Waals surface area contributed by atoms with Gasteiger partial charge in [-0.3, -0.25) is 4.79 Å². The zero-order valence-electron chi connectivity index (χ0n) is 17.5. The molecule has 0 spiro atoms. The highest BCUT2D eigenvalue weighted by Gasteiger charge is 2.14. The average Bonchev–Trinajstić information content (AvgIpc) is 2.77. The molecule has 0 fully saturated rings. The van der Waals surface area contributed by atoms with E-state index in [1.54, 1.807) is 18.2 Å². The summed E-state index contributed by atoms with van der Waals surface area (Å²) in [5, 5.41) is 12.6. The van der Waals surface area contributed by atoms with Gasteiger partial charge in [0.05, 0.1) is 12.1 Å². The fourth-order valence-electron chi connectivity index (χ4n) is 2.94. The summed E-state index contributed by atoms with van der Waals surface area (Å²) in [6.45, 7) is 2.25. The Morgan fingerprint density at radius 1 is 1.19 bits per heavy atom. The number of amides is 1. The second-order valence-electron chi connectivity index (χ2n) is 6.94. The number of carbonyl (C=O) groups is 1. The van der Waals surface area contributed by atoms with Crippen LogP contribution in [0.15, 0.2) is 66.2 Å². The number of benzene rings is 3. The molecule has 0 aliphatic rings. The van der Waals surface area contributed by atoms with E-state index < -0.39 is 5.91 Å². The molecule has 0 unspecified atom stereocenters. The van der Waals surface area contributed by atoms with Crippen molar-refractivity contribution >= 4 is 51.9 Å². The number of hydrogen-bond acceptors (Lipinski definition) is 4. The standard InChI is InChI=1S/C25H20ClIN2O3/c1-16-4-3-5-21(10-16)29-25(30)19(14-28)11-18-12-22(26)24(23(13-18)31-2)32-15-17-6-8-20(27)9-7-17/h3-13H,15H2,1-2H3,(H,29,30)/b19-11-. The third kappa shape index (κ3) is 6.25. The number of aryl methyl sites for hydroxylation is 1. The Morgan fingerprint density at radius 2 is 1.94 bits per heavy atom. The summed E-state index contributed by atoms with van der Waals surface area (Å²) < 4.78 is 12.5. The van der Waals surface area contributed by atoms with Crippen LogP contribution in [0.5, 0.6) is 11.5 Å². The van der Waals surface area contributed by atoms with E-state index in [4.69, 9.17) is 21.1 Å².